The van der Waals surface area contributed by atoms with Crippen LogP contribution in [0.4, 0.5) is 4.39 Å². The molecule has 1 aliphatic rings. The van der Waals surface area contributed by atoms with E-state index in [1.807, 2.05) is 0 Å². The Hall–Kier alpha value is -0.640. The van der Waals surface area contributed by atoms with E-state index in [9.17, 15) is 14.3 Å². The van der Waals surface area contributed by atoms with Gasteiger partial charge in [-0.1, -0.05) is 13.8 Å². The van der Waals surface area contributed by atoms with Gasteiger partial charge in [-0.15, -0.1) is 0 Å². The molecule has 0 aromatic carbocycles. The van der Waals surface area contributed by atoms with Crippen LogP contribution in [0.1, 0.15) is 39.5 Å². The first-order chi connectivity index (χ1) is 6.87. The summed E-state index contributed by atoms with van der Waals surface area (Å²) in [5.41, 5.74) is -1.64. The van der Waals surface area contributed by atoms with E-state index < -0.39 is 17.7 Å². The summed E-state index contributed by atoms with van der Waals surface area (Å²) in [6, 6.07) is 0. The summed E-state index contributed by atoms with van der Waals surface area (Å²) in [7, 11) is 0. The van der Waals surface area contributed by atoms with Gasteiger partial charge in [0.2, 0.25) is 6.17 Å². The van der Waals surface area contributed by atoms with E-state index in [0.29, 0.717) is 24.7 Å². The highest BCUT2D eigenvalue weighted by Crippen LogP contribution is 2.38. The Balaban J connectivity index is 2.58. The molecule has 0 radical (unpaired) electrons. The van der Waals surface area contributed by atoms with Crippen molar-refractivity contribution < 1.29 is 19.4 Å². The van der Waals surface area contributed by atoms with Crippen LogP contribution in [-0.2, 0) is 4.79 Å². The molecular formula is C11H19FO3. The smallest absolute Gasteiger partial charge is 0.341 e. The minimum atomic E-state index is -2.15. The summed E-state index contributed by atoms with van der Waals surface area (Å²) in [5, 5.41) is 18.4. The maximum absolute atomic E-state index is 13.3. The van der Waals surface area contributed by atoms with Crippen LogP contribution in [0.25, 0.3) is 0 Å². The molecule has 1 atom stereocenters. The maximum Gasteiger partial charge on any atom is 0.341 e. The van der Waals surface area contributed by atoms with Crippen molar-refractivity contribution >= 4 is 5.97 Å². The van der Waals surface area contributed by atoms with E-state index >= 15 is 0 Å². The molecule has 0 heterocycles. The number of aliphatic hydroxyl groups is 1. The molecule has 15 heavy (non-hydrogen) atoms. The van der Waals surface area contributed by atoms with Gasteiger partial charge in [-0.3, -0.25) is 0 Å². The van der Waals surface area contributed by atoms with E-state index in [1.54, 1.807) is 0 Å². The van der Waals surface area contributed by atoms with E-state index in [2.05, 4.69) is 13.8 Å². The fraction of sp³-hybridized carbons (Fsp3) is 0.909. The van der Waals surface area contributed by atoms with Crippen molar-refractivity contribution in [3.63, 3.8) is 0 Å². The highest BCUT2D eigenvalue weighted by Gasteiger charge is 2.44. The Labute approximate surface area is 89.3 Å². The third kappa shape index (κ3) is 2.68. The third-order valence-electron chi connectivity index (χ3n) is 3.53. The van der Waals surface area contributed by atoms with Gasteiger partial charge in [-0.25, -0.2) is 9.18 Å². The first-order valence-corrected chi connectivity index (χ1v) is 5.46. The Morgan fingerprint density at radius 3 is 2.20 bits per heavy atom. The molecule has 0 spiro atoms. The minimum Gasteiger partial charge on any atom is -0.479 e. The number of halogens is 1. The molecule has 0 aromatic rings. The topological polar surface area (TPSA) is 57.5 Å². The third-order valence-corrected chi connectivity index (χ3v) is 3.53. The Morgan fingerprint density at radius 2 is 1.87 bits per heavy atom. The average molecular weight is 218 g/mol. The fourth-order valence-electron chi connectivity index (χ4n) is 2.29. The summed E-state index contributed by atoms with van der Waals surface area (Å²) in [6.07, 6.45) is -0.221. The Bertz CT molecular complexity index is 232. The number of aliphatic carboxylic acids is 1. The van der Waals surface area contributed by atoms with Gasteiger partial charge < -0.3 is 10.2 Å². The molecule has 0 amide bonds. The van der Waals surface area contributed by atoms with Crippen LogP contribution >= 0.6 is 0 Å². The molecule has 0 bridgehead atoms. The summed E-state index contributed by atoms with van der Waals surface area (Å²) in [4.78, 5) is 10.5. The van der Waals surface area contributed by atoms with Crippen molar-refractivity contribution in [2.24, 2.45) is 11.8 Å². The maximum atomic E-state index is 13.3. The molecular weight excluding hydrogens is 199 g/mol. The first-order valence-electron chi connectivity index (χ1n) is 5.46. The molecule has 1 unspecified atom stereocenters. The molecule has 2 N–H and O–H groups in total. The Kier molecular flexibility index (Phi) is 3.71. The second-order valence-electron chi connectivity index (χ2n) is 4.89. The number of alkyl halides is 1. The van der Waals surface area contributed by atoms with Crippen molar-refractivity contribution in [1.29, 1.82) is 0 Å². The zero-order chi connectivity index (χ0) is 11.6. The predicted molar refractivity (Wildman–Crippen MR) is 54.3 cm³/mol. The molecule has 1 saturated carbocycles. The molecule has 3 nitrogen and oxygen atoms in total. The summed E-state index contributed by atoms with van der Waals surface area (Å²) < 4.78 is 13.3. The van der Waals surface area contributed by atoms with Gasteiger partial charge in [0.05, 0.1) is 0 Å². The molecule has 0 aromatic heterocycles. The lowest BCUT2D eigenvalue weighted by Gasteiger charge is -2.38. The molecule has 1 fully saturated rings. The second kappa shape index (κ2) is 4.47. The highest BCUT2D eigenvalue weighted by molar-refractivity contribution is 5.73. The zero-order valence-corrected chi connectivity index (χ0v) is 9.24. The number of carboxylic acids is 1. The van der Waals surface area contributed by atoms with Crippen LogP contribution in [-0.4, -0.2) is 28.0 Å². The molecule has 0 aliphatic heterocycles. The summed E-state index contributed by atoms with van der Waals surface area (Å²) >= 11 is 0. The zero-order valence-electron chi connectivity index (χ0n) is 9.24. The lowest BCUT2D eigenvalue weighted by Crippen LogP contribution is -2.47. The van der Waals surface area contributed by atoms with Crippen LogP contribution in [0, 0.1) is 11.8 Å². The van der Waals surface area contributed by atoms with Crippen molar-refractivity contribution in [2.45, 2.75) is 51.3 Å². The second-order valence-corrected chi connectivity index (χ2v) is 4.89. The number of hydrogen-bond acceptors (Lipinski definition) is 2. The van der Waals surface area contributed by atoms with Crippen LogP contribution in [0.3, 0.4) is 0 Å². The molecule has 88 valence electrons. The van der Waals surface area contributed by atoms with Crippen molar-refractivity contribution in [1.82, 2.24) is 0 Å². The van der Waals surface area contributed by atoms with Crippen LogP contribution in [0.5, 0.6) is 0 Å². The number of carbonyl (C=O) groups is 1. The normalized spacial score (nSPS) is 34.1. The fourth-order valence-corrected chi connectivity index (χ4v) is 2.29. The highest BCUT2D eigenvalue weighted by atomic mass is 19.1. The molecule has 1 rings (SSSR count). The van der Waals surface area contributed by atoms with Crippen LogP contribution in [0.15, 0.2) is 0 Å². The number of hydrogen-bond donors (Lipinski definition) is 2. The molecule has 4 heteroatoms. The van der Waals surface area contributed by atoms with Gasteiger partial charge in [-0.05, 0) is 37.5 Å². The number of carboxylic acid groups (broad SMARTS) is 1. The average Bonchev–Trinajstić information content (AvgIpc) is 2.17. The van der Waals surface area contributed by atoms with Gasteiger partial charge in [0.1, 0.15) is 5.60 Å². The SMILES string of the molecule is CC(C)C1CCC(O)(C(F)C(=O)O)CC1. The lowest BCUT2D eigenvalue weighted by atomic mass is 9.73. The lowest BCUT2D eigenvalue weighted by molar-refractivity contribution is -0.158. The van der Waals surface area contributed by atoms with Crippen molar-refractivity contribution in [2.75, 3.05) is 0 Å². The van der Waals surface area contributed by atoms with Crippen LogP contribution in [0.2, 0.25) is 0 Å². The van der Waals surface area contributed by atoms with E-state index in [0.717, 1.165) is 0 Å². The van der Waals surface area contributed by atoms with Gasteiger partial charge in [0, 0.05) is 0 Å². The Morgan fingerprint density at radius 1 is 1.40 bits per heavy atom. The minimum absolute atomic E-state index is 0.253. The largest absolute Gasteiger partial charge is 0.479 e. The van der Waals surface area contributed by atoms with E-state index in [1.165, 1.54) is 0 Å². The number of rotatable bonds is 3. The van der Waals surface area contributed by atoms with Gasteiger partial charge in [-0.2, -0.15) is 0 Å². The van der Waals surface area contributed by atoms with Gasteiger partial charge in [0.15, 0.2) is 0 Å². The van der Waals surface area contributed by atoms with Gasteiger partial charge >= 0.3 is 5.97 Å². The molecule has 1 aliphatic carbocycles. The summed E-state index contributed by atoms with van der Waals surface area (Å²) in [5.74, 6) is -0.566. The predicted octanol–water partition coefficient (Wildman–Crippen LogP) is 1.99. The quantitative estimate of drug-likeness (QED) is 0.761. The van der Waals surface area contributed by atoms with E-state index in [4.69, 9.17) is 5.11 Å². The van der Waals surface area contributed by atoms with Crippen molar-refractivity contribution in [3.05, 3.63) is 0 Å². The van der Waals surface area contributed by atoms with Crippen molar-refractivity contribution in [3.8, 4) is 0 Å². The van der Waals surface area contributed by atoms with Gasteiger partial charge in [0.25, 0.3) is 0 Å². The monoisotopic (exact) mass is 218 g/mol. The summed E-state index contributed by atoms with van der Waals surface area (Å²) in [6.45, 7) is 4.19. The molecule has 0 saturated heterocycles. The van der Waals surface area contributed by atoms with Crippen LogP contribution < -0.4 is 0 Å². The first kappa shape index (κ1) is 12.4. The standard InChI is InChI=1S/C11H19FO3/c1-7(2)8-3-5-11(15,6-4-8)9(12)10(13)14/h7-9,15H,3-6H2,1-2H3,(H,13,14). The van der Waals surface area contributed by atoms with E-state index in [-0.39, 0.29) is 12.8 Å².